The average Bonchev–Trinajstić information content (AvgIpc) is 2.55. The maximum Gasteiger partial charge on any atom is 0.262 e. The van der Waals surface area contributed by atoms with Crippen molar-refractivity contribution in [2.45, 2.75) is 25.8 Å². The molecule has 0 radical (unpaired) electrons. The first kappa shape index (κ1) is 15.2. The summed E-state index contributed by atoms with van der Waals surface area (Å²) >= 11 is 0. The van der Waals surface area contributed by atoms with Crippen molar-refractivity contribution in [2.24, 2.45) is 0 Å². The van der Waals surface area contributed by atoms with E-state index in [0.717, 1.165) is 6.42 Å². The first-order valence-corrected chi connectivity index (χ1v) is 7.49. The number of hydrogen-bond donors (Lipinski definition) is 1. The van der Waals surface area contributed by atoms with Crippen LogP contribution in [-0.2, 0) is 9.59 Å². The lowest BCUT2D eigenvalue weighted by atomic mass is 10.1. The zero-order valence-electron chi connectivity index (χ0n) is 12.7. The number of rotatable bonds is 4. The fraction of sp³-hybridized carbons (Fsp3) is 0.375. The van der Waals surface area contributed by atoms with Crippen molar-refractivity contribution in [1.82, 2.24) is 14.9 Å². The van der Waals surface area contributed by atoms with E-state index >= 15 is 0 Å². The van der Waals surface area contributed by atoms with Gasteiger partial charge in [-0.05, 0) is 31.9 Å². The molecular weight excluding hydrogens is 298 g/mol. The topological polar surface area (TPSA) is 90.3 Å². The molecule has 0 saturated carbocycles. The molecule has 3 rings (SSSR count). The van der Waals surface area contributed by atoms with Gasteiger partial charge in [0, 0.05) is 6.54 Å². The Morgan fingerprint density at radius 1 is 1.43 bits per heavy atom. The summed E-state index contributed by atoms with van der Waals surface area (Å²) in [6, 6.07) is 4.45. The van der Waals surface area contributed by atoms with E-state index in [1.165, 1.54) is 4.57 Å². The molecular formula is C16H17N3O4. The number of nitrogens with one attached hydrogen (secondary N) is 1. The quantitative estimate of drug-likeness (QED) is 0.840. The first-order chi connectivity index (χ1) is 11.1. The standard InChI is InChI=1S/C16H17N3O4/c1-10-18-14-11(4-2-6-13(14)23-9-8-20)16(22)19(10)12-5-3-7-17-15(12)21/h2,4,6,8,12H,3,5,7,9H2,1H3,(H,17,21). The first-order valence-electron chi connectivity index (χ1n) is 7.49. The van der Waals surface area contributed by atoms with E-state index in [1.54, 1.807) is 25.1 Å². The molecule has 7 heteroatoms. The minimum atomic E-state index is -0.535. The number of para-hydroxylation sites is 1. The van der Waals surface area contributed by atoms with Crippen molar-refractivity contribution in [2.75, 3.05) is 13.2 Å². The number of fused-ring (bicyclic) bond motifs is 1. The highest BCUT2D eigenvalue weighted by atomic mass is 16.5. The van der Waals surface area contributed by atoms with E-state index in [0.29, 0.717) is 41.7 Å². The van der Waals surface area contributed by atoms with Crippen LogP contribution in [0.2, 0.25) is 0 Å². The van der Waals surface area contributed by atoms with Gasteiger partial charge in [-0.25, -0.2) is 4.98 Å². The molecule has 0 bridgehead atoms. The van der Waals surface area contributed by atoms with Gasteiger partial charge >= 0.3 is 0 Å². The minimum absolute atomic E-state index is 0.103. The Hall–Kier alpha value is -2.70. The molecule has 1 amide bonds. The highest BCUT2D eigenvalue weighted by Gasteiger charge is 2.27. The van der Waals surface area contributed by atoms with Gasteiger partial charge in [0.1, 0.15) is 29.7 Å². The van der Waals surface area contributed by atoms with Crippen molar-refractivity contribution >= 4 is 23.1 Å². The van der Waals surface area contributed by atoms with Gasteiger partial charge < -0.3 is 10.1 Å². The van der Waals surface area contributed by atoms with Crippen LogP contribution in [0.15, 0.2) is 23.0 Å². The molecule has 0 aliphatic carbocycles. The molecule has 1 unspecified atom stereocenters. The van der Waals surface area contributed by atoms with Gasteiger partial charge in [-0.2, -0.15) is 0 Å². The van der Waals surface area contributed by atoms with E-state index in [-0.39, 0.29) is 18.1 Å². The van der Waals surface area contributed by atoms with Crippen LogP contribution in [0.25, 0.3) is 10.9 Å². The van der Waals surface area contributed by atoms with Gasteiger partial charge in [0.25, 0.3) is 5.56 Å². The molecule has 120 valence electrons. The smallest absolute Gasteiger partial charge is 0.262 e. The van der Waals surface area contributed by atoms with Crippen LogP contribution in [0.3, 0.4) is 0 Å². The van der Waals surface area contributed by atoms with Gasteiger partial charge in [-0.15, -0.1) is 0 Å². The number of nitrogens with zero attached hydrogens (tertiary/aromatic N) is 2. The summed E-state index contributed by atoms with van der Waals surface area (Å²) in [4.78, 5) is 39.8. The fourth-order valence-corrected chi connectivity index (χ4v) is 2.91. The average molecular weight is 315 g/mol. The van der Waals surface area contributed by atoms with Gasteiger partial charge in [0.15, 0.2) is 6.29 Å². The summed E-state index contributed by atoms with van der Waals surface area (Å²) < 4.78 is 6.77. The van der Waals surface area contributed by atoms with Crippen LogP contribution in [0.4, 0.5) is 0 Å². The predicted octanol–water partition coefficient (Wildman–Crippen LogP) is 0.734. The zero-order chi connectivity index (χ0) is 16.4. The summed E-state index contributed by atoms with van der Waals surface area (Å²) in [6.45, 7) is 2.22. The molecule has 1 fully saturated rings. The van der Waals surface area contributed by atoms with E-state index in [4.69, 9.17) is 4.74 Å². The van der Waals surface area contributed by atoms with Gasteiger partial charge in [0.2, 0.25) is 5.91 Å². The Bertz CT molecular complexity index is 828. The Morgan fingerprint density at radius 2 is 2.26 bits per heavy atom. The Balaban J connectivity index is 2.16. The third kappa shape index (κ3) is 2.69. The van der Waals surface area contributed by atoms with Crippen LogP contribution in [0, 0.1) is 6.92 Å². The van der Waals surface area contributed by atoms with E-state index in [9.17, 15) is 14.4 Å². The number of benzene rings is 1. The third-order valence-corrected chi connectivity index (χ3v) is 3.95. The van der Waals surface area contributed by atoms with Gasteiger partial charge in [-0.3, -0.25) is 19.0 Å². The summed E-state index contributed by atoms with van der Waals surface area (Å²) in [5.74, 6) is 0.678. The van der Waals surface area contributed by atoms with Crippen LogP contribution < -0.4 is 15.6 Å². The van der Waals surface area contributed by atoms with Crippen molar-refractivity contribution in [3.63, 3.8) is 0 Å². The molecule has 1 aliphatic heterocycles. The molecule has 2 heterocycles. The molecule has 1 N–H and O–H groups in total. The third-order valence-electron chi connectivity index (χ3n) is 3.95. The van der Waals surface area contributed by atoms with E-state index in [2.05, 4.69) is 10.3 Å². The number of carbonyl (C=O) groups is 2. The maximum atomic E-state index is 12.8. The lowest BCUT2D eigenvalue weighted by molar-refractivity contribution is -0.126. The van der Waals surface area contributed by atoms with Crippen LogP contribution >= 0.6 is 0 Å². The number of hydrogen-bond acceptors (Lipinski definition) is 5. The minimum Gasteiger partial charge on any atom is -0.484 e. The summed E-state index contributed by atoms with van der Waals surface area (Å²) in [7, 11) is 0. The normalized spacial score (nSPS) is 17.8. The number of aryl methyl sites for hydroxylation is 1. The monoisotopic (exact) mass is 315 g/mol. The number of carbonyl (C=O) groups excluding carboxylic acids is 2. The van der Waals surface area contributed by atoms with Crippen LogP contribution in [0.5, 0.6) is 5.75 Å². The molecule has 7 nitrogen and oxygen atoms in total. The van der Waals surface area contributed by atoms with Crippen molar-refractivity contribution < 1.29 is 14.3 Å². The number of piperidine rings is 1. The van der Waals surface area contributed by atoms with Gasteiger partial charge in [0.05, 0.1) is 5.39 Å². The lowest BCUT2D eigenvalue weighted by Gasteiger charge is -2.25. The summed E-state index contributed by atoms with van der Waals surface area (Å²) in [5, 5.41) is 3.15. The summed E-state index contributed by atoms with van der Waals surface area (Å²) in [5.41, 5.74) is 0.135. The number of aromatic nitrogens is 2. The fourth-order valence-electron chi connectivity index (χ4n) is 2.91. The Morgan fingerprint density at radius 3 is 3.00 bits per heavy atom. The Kier molecular flexibility index (Phi) is 4.10. The molecule has 1 aromatic heterocycles. The van der Waals surface area contributed by atoms with Gasteiger partial charge in [-0.1, -0.05) is 6.07 Å². The lowest BCUT2D eigenvalue weighted by Crippen LogP contribution is -2.42. The highest BCUT2D eigenvalue weighted by Crippen LogP contribution is 2.24. The Labute approximate surface area is 132 Å². The van der Waals surface area contributed by atoms with Crippen LogP contribution in [-0.4, -0.2) is 34.9 Å². The summed E-state index contributed by atoms with van der Waals surface area (Å²) in [6.07, 6.45) is 2.07. The molecule has 1 saturated heterocycles. The van der Waals surface area contributed by atoms with Crippen LogP contribution in [0.1, 0.15) is 24.7 Å². The van der Waals surface area contributed by atoms with Crippen molar-refractivity contribution in [3.8, 4) is 5.75 Å². The molecule has 1 atom stereocenters. The number of ether oxygens (including phenoxy) is 1. The molecule has 1 aliphatic rings. The predicted molar refractivity (Wildman–Crippen MR) is 83.6 cm³/mol. The number of amides is 1. The van der Waals surface area contributed by atoms with Crippen molar-refractivity contribution in [3.05, 3.63) is 34.4 Å². The zero-order valence-corrected chi connectivity index (χ0v) is 12.7. The van der Waals surface area contributed by atoms with Crippen molar-refractivity contribution in [1.29, 1.82) is 0 Å². The molecule has 2 aromatic rings. The second-order valence-corrected chi connectivity index (χ2v) is 5.41. The second kappa shape index (κ2) is 6.20. The maximum absolute atomic E-state index is 12.8. The second-order valence-electron chi connectivity index (χ2n) is 5.41. The highest BCUT2D eigenvalue weighted by molar-refractivity contribution is 5.85. The molecule has 0 spiro atoms. The molecule has 1 aromatic carbocycles. The van der Waals surface area contributed by atoms with E-state index in [1.807, 2.05) is 0 Å². The SMILES string of the molecule is Cc1nc2c(OCC=O)cccc2c(=O)n1C1CCCNC1=O. The van der Waals surface area contributed by atoms with E-state index < -0.39 is 6.04 Å². The largest absolute Gasteiger partial charge is 0.484 e. The molecule has 23 heavy (non-hydrogen) atoms. The number of aldehydes is 1.